The van der Waals surface area contributed by atoms with Gasteiger partial charge in [-0.3, -0.25) is 0 Å². The van der Waals surface area contributed by atoms with Crippen LogP contribution >= 0.6 is 22.7 Å². The molecule has 0 spiro atoms. The van der Waals surface area contributed by atoms with Crippen LogP contribution in [-0.4, -0.2) is 9.13 Å². The van der Waals surface area contributed by atoms with E-state index in [9.17, 15) is 11.8 Å². The van der Waals surface area contributed by atoms with Crippen molar-refractivity contribution in [2.24, 2.45) is 0 Å². The molecule has 15 rings (SSSR count). The summed E-state index contributed by atoms with van der Waals surface area (Å²) in [7, 11) is 0. The Balaban J connectivity index is 1.19. The summed E-state index contributed by atoms with van der Waals surface area (Å²) in [5.41, 5.74) is 13.4. The molecule has 0 fully saturated rings. The van der Waals surface area contributed by atoms with Gasteiger partial charge in [-0.05, 0) is 94.0 Å². The maximum atomic E-state index is 12.3. The number of nitrogens with zero attached hydrogens (tertiary/aromatic N) is 4. The first-order chi connectivity index (χ1) is 36.6. The summed E-state index contributed by atoms with van der Waals surface area (Å²) in [4.78, 5) is 4.68. The molecule has 0 saturated carbocycles. The van der Waals surface area contributed by atoms with Gasteiger partial charge in [0.2, 0.25) is 5.69 Å². The van der Waals surface area contributed by atoms with Gasteiger partial charge < -0.3 is 9.13 Å². The number of rotatable bonds is 6. The van der Waals surface area contributed by atoms with E-state index in [1.165, 1.54) is 35.6 Å². The SMILES string of the molecule is [C-]#[N+]c1c(-c2cccc(-c3ccccc3)c2)c(C#N)c(-n2c3ccccc3c3cc4c(cc32)sc2ccccc24)c(-c2cccc(-c3ccccc3)c2)c1-n1c2ccccc2c2cc3c(cc21)sc1ccccc13. The molecule has 4 nitrogen and oxygen atoms in total. The third-order valence-corrected chi connectivity index (χ3v) is 17.2. The van der Waals surface area contributed by atoms with Crippen molar-refractivity contribution in [1.82, 2.24) is 9.13 Å². The Morgan fingerprint density at radius 2 is 0.757 bits per heavy atom. The Morgan fingerprint density at radius 3 is 1.26 bits per heavy atom. The highest BCUT2D eigenvalue weighted by molar-refractivity contribution is 7.26. The minimum atomic E-state index is 0.405. The van der Waals surface area contributed by atoms with E-state index in [1.807, 2.05) is 24.3 Å². The topological polar surface area (TPSA) is 38.0 Å². The number of nitriles is 1. The minimum Gasteiger partial charge on any atom is -0.318 e. The van der Waals surface area contributed by atoms with Crippen molar-refractivity contribution in [1.29, 1.82) is 5.26 Å². The molecule has 0 aliphatic carbocycles. The Labute approximate surface area is 433 Å². The van der Waals surface area contributed by atoms with Crippen molar-refractivity contribution < 1.29 is 0 Å². The summed E-state index contributed by atoms with van der Waals surface area (Å²) in [6.07, 6.45) is 0. The average Bonchev–Trinajstić information content (AvgIpc) is 4.26. The number of fused-ring (bicyclic) bond motifs is 12. The number of para-hydroxylation sites is 2. The molecule has 0 radical (unpaired) electrons. The van der Waals surface area contributed by atoms with E-state index in [2.05, 4.69) is 226 Å². The van der Waals surface area contributed by atoms with E-state index in [0.717, 1.165) is 98.6 Å². The molecular formula is C68H38N4S2. The van der Waals surface area contributed by atoms with Gasteiger partial charge in [0.1, 0.15) is 6.07 Å². The normalized spacial score (nSPS) is 11.8. The first kappa shape index (κ1) is 42.2. The molecule has 0 N–H and O–H groups in total. The number of hydrogen-bond donors (Lipinski definition) is 0. The van der Waals surface area contributed by atoms with Crippen LogP contribution in [-0.2, 0) is 0 Å². The fourth-order valence-corrected chi connectivity index (χ4v) is 14.0. The summed E-state index contributed by atoms with van der Waals surface area (Å²) in [5, 5.41) is 21.5. The second-order valence-corrected chi connectivity index (χ2v) is 21.1. The van der Waals surface area contributed by atoms with Crippen LogP contribution in [0.4, 0.5) is 5.69 Å². The van der Waals surface area contributed by atoms with Gasteiger partial charge in [0.25, 0.3) is 0 Å². The van der Waals surface area contributed by atoms with Crippen molar-refractivity contribution in [2.75, 3.05) is 0 Å². The summed E-state index contributed by atoms with van der Waals surface area (Å²) < 4.78 is 9.48. The second-order valence-electron chi connectivity index (χ2n) is 18.9. The lowest BCUT2D eigenvalue weighted by Gasteiger charge is -2.26. The summed E-state index contributed by atoms with van der Waals surface area (Å²) in [6.45, 7) is 9.57. The van der Waals surface area contributed by atoms with E-state index >= 15 is 0 Å². The van der Waals surface area contributed by atoms with E-state index in [1.54, 1.807) is 22.7 Å². The Bertz CT molecular complexity index is 4690. The van der Waals surface area contributed by atoms with Crippen molar-refractivity contribution in [2.45, 2.75) is 0 Å². The maximum Gasteiger partial charge on any atom is 0.220 e. The van der Waals surface area contributed by atoms with Crippen molar-refractivity contribution in [3.63, 3.8) is 0 Å². The van der Waals surface area contributed by atoms with Crippen LogP contribution < -0.4 is 0 Å². The van der Waals surface area contributed by atoms with Crippen LogP contribution in [0.15, 0.2) is 231 Å². The summed E-state index contributed by atoms with van der Waals surface area (Å²) in [6, 6.07) is 84.6. The van der Waals surface area contributed by atoms with Gasteiger partial charge in [0.15, 0.2) is 0 Å². The second kappa shape index (κ2) is 16.5. The average molecular weight is 975 g/mol. The Kier molecular flexibility index (Phi) is 9.40. The van der Waals surface area contributed by atoms with E-state index in [4.69, 9.17) is 0 Å². The predicted octanol–water partition coefficient (Wildman–Crippen LogP) is 19.7. The van der Waals surface area contributed by atoms with Crippen LogP contribution in [0.5, 0.6) is 0 Å². The standard InChI is InChI=1S/C68H38N4S2/c1-70-66-64(45-24-16-22-43(34-45)41-18-4-2-5-19-41)55(40-69)67(71-56-30-12-8-26-47(56)51-36-53-49-28-10-14-32-60(49)73-62(53)38-58(51)71)65(46-25-17-23-44(35-46)42-20-6-3-7-21-42)68(66)72-57-31-13-9-27-48(57)52-37-54-50-29-11-15-33-61(50)74-63(54)39-59(52)72/h2-39H. The summed E-state index contributed by atoms with van der Waals surface area (Å²) >= 11 is 3.58. The third kappa shape index (κ3) is 6.23. The molecule has 0 atom stereocenters. The summed E-state index contributed by atoms with van der Waals surface area (Å²) in [5.74, 6) is 0. The Hall–Kier alpha value is -9.56. The molecule has 15 aromatic rings. The van der Waals surface area contributed by atoms with Crippen LogP contribution in [0.2, 0.25) is 0 Å². The minimum absolute atomic E-state index is 0.405. The van der Waals surface area contributed by atoms with Gasteiger partial charge in [-0.2, -0.15) is 5.26 Å². The van der Waals surface area contributed by atoms with E-state index in [-0.39, 0.29) is 0 Å². The molecule has 11 aromatic carbocycles. The van der Waals surface area contributed by atoms with Crippen molar-refractivity contribution in [3.8, 4) is 62.0 Å². The number of benzene rings is 11. The fraction of sp³-hybridized carbons (Fsp3) is 0. The van der Waals surface area contributed by atoms with Crippen LogP contribution in [0.25, 0.3) is 145 Å². The molecule has 6 heteroatoms. The predicted molar refractivity (Wildman–Crippen MR) is 314 cm³/mol. The lowest BCUT2D eigenvalue weighted by molar-refractivity contribution is 1.14. The maximum absolute atomic E-state index is 12.3. The van der Waals surface area contributed by atoms with Crippen LogP contribution in [0.3, 0.4) is 0 Å². The smallest absolute Gasteiger partial charge is 0.220 e. The fourth-order valence-electron chi connectivity index (χ4n) is 11.8. The first-order valence-electron chi connectivity index (χ1n) is 24.7. The lowest BCUT2D eigenvalue weighted by atomic mass is 9.87. The number of hydrogen-bond acceptors (Lipinski definition) is 3. The number of aromatic nitrogens is 2. The van der Waals surface area contributed by atoms with Gasteiger partial charge in [0, 0.05) is 73.0 Å². The molecule has 0 aliphatic heterocycles. The highest BCUT2D eigenvalue weighted by atomic mass is 32.1. The molecule has 0 amide bonds. The molecular weight excluding hydrogens is 937 g/mol. The zero-order chi connectivity index (χ0) is 49.0. The van der Waals surface area contributed by atoms with E-state index < -0.39 is 0 Å². The highest BCUT2D eigenvalue weighted by Crippen LogP contribution is 2.54. The van der Waals surface area contributed by atoms with Gasteiger partial charge in [-0.1, -0.05) is 170 Å². The van der Waals surface area contributed by atoms with Crippen molar-refractivity contribution >= 4 is 112 Å². The van der Waals surface area contributed by atoms with Gasteiger partial charge in [0.05, 0.1) is 45.6 Å². The molecule has 0 aliphatic rings. The molecule has 0 unspecified atom stereocenters. The molecule has 0 bridgehead atoms. The van der Waals surface area contributed by atoms with Crippen LogP contribution in [0.1, 0.15) is 5.56 Å². The molecule has 4 heterocycles. The van der Waals surface area contributed by atoms with Gasteiger partial charge >= 0.3 is 0 Å². The van der Waals surface area contributed by atoms with Gasteiger partial charge in [-0.25, -0.2) is 4.85 Å². The van der Waals surface area contributed by atoms with Gasteiger partial charge in [-0.15, -0.1) is 22.7 Å². The third-order valence-electron chi connectivity index (χ3n) is 15.0. The number of thiophene rings is 2. The van der Waals surface area contributed by atoms with Crippen LogP contribution in [0, 0.1) is 17.9 Å². The zero-order valence-corrected chi connectivity index (χ0v) is 41.2. The largest absolute Gasteiger partial charge is 0.318 e. The molecule has 74 heavy (non-hydrogen) atoms. The molecule has 4 aromatic heterocycles. The van der Waals surface area contributed by atoms with Crippen molar-refractivity contribution in [3.05, 3.63) is 248 Å². The first-order valence-corrected chi connectivity index (χ1v) is 26.3. The molecule has 342 valence electrons. The Morgan fingerprint density at radius 1 is 0.338 bits per heavy atom. The zero-order valence-electron chi connectivity index (χ0n) is 39.5. The van der Waals surface area contributed by atoms with E-state index in [0.29, 0.717) is 16.8 Å². The molecule has 0 saturated heterocycles. The lowest BCUT2D eigenvalue weighted by Crippen LogP contribution is -2.09. The monoisotopic (exact) mass is 974 g/mol. The highest BCUT2D eigenvalue weighted by Gasteiger charge is 2.32. The quantitative estimate of drug-likeness (QED) is 0.153.